The molecule has 2 heterocycles. The second kappa shape index (κ2) is 2.99. The average Bonchev–Trinajstić information content (AvgIpc) is 2.74. The van der Waals surface area contributed by atoms with Crippen LogP contribution in [0.15, 0.2) is 16.9 Å². The molecule has 7 nitrogen and oxygen atoms in total. The summed E-state index contributed by atoms with van der Waals surface area (Å²) in [5, 5.41) is 10.0. The van der Waals surface area contributed by atoms with Gasteiger partial charge in [0.1, 0.15) is 6.26 Å². The number of aromatic nitrogens is 5. The molecule has 1 radical (unpaired) electrons. The third-order valence-electron chi connectivity index (χ3n) is 1.09. The van der Waals surface area contributed by atoms with E-state index < -0.39 is 0 Å². The van der Waals surface area contributed by atoms with E-state index in [2.05, 4.69) is 26.8 Å². The highest BCUT2D eigenvalue weighted by Crippen LogP contribution is 1.93. The molecule has 0 saturated carbocycles. The van der Waals surface area contributed by atoms with Gasteiger partial charge in [-0.05, 0) is 10.4 Å². The van der Waals surface area contributed by atoms with E-state index in [1.807, 2.05) is 0 Å². The van der Waals surface area contributed by atoms with Crippen molar-refractivity contribution in [1.82, 2.24) is 25.4 Å². The van der Waals surface area contributed by atoms with Crippen LogP contribution in [0.2, 0.25) is 0 Å². The Bertz CT molecular complexity index is 281. The van der Waals surface area contributed by atoms with Crippen molar-refractivity contribution in [2.24, 2.45) is 0 Å². The average molecular weight is 166 g/mol. The smallest absolute Gasteiger partial charge is 0.264 e. The number of nitrogens with zero attached hydrogens (tertiary/aromatic N) is 5. The van der Waals surface area contributed by atoms with Crippen LogP contribution in [0.4, 0.5) is 0 Å². The summed E-state index contributed by atoms with van der Waals surface area (Å²) >= 11 is 0. The van der Waals surface area contributed by atoms with E-state index in [9.17, 15) is 0 Å². The van der Waals surface area contributed by atoms with Crippen LogP contribution < -0.4 is 4.84 Å². The molecule has 2 aromatic heterocycles. The first kappa shape index (κ1) is 6.77. The Hall–Kier alpha value is -1.92. The molecular weight excluding hydrogens is 162 g/mol. The van der Waals surface area contributed by atoms with E-state index in [-0.39, 0.29) is 6.61 Å². The summed E-state index contributed by atoms with van der Waals surface area (Å²) in [5.41, 5.74) is 0. The SMILES string of the molecule is [c]1nnnn1OCc1ncco1. The van der Waals surface area contributed by atoms with Gasteiger partial charge in [-0.25, -0.2) is 4.98 Å². The van der Waals surface area contributed by atoms with Gasteiger partial charge in [0.05, 0.1) is 6.20 Å². The van der Waals surface area contributed by atoms with Gasteiger partial charge in [0.2, 0.25) is 5.89 Å². The highest BCUT2D eigenvalue weighted by Gasteiger charge is 1.99. The van der Waals surface area contributed by atoms with E-state index in [0.717, 1.165) is 4.85 Å². The maximum atomic E-state index is 4.96. The molecule has 0 N–H and O–H groups in total. The van der Waals surface area contributed by atoms with Crippen LogP contribution in [0, 0.1) is 6.33 Å². The molecule has 0 amide bonds. The minimum absolute atomic E-state index is 0.175. The van der Waals surface area contributed by atoms with Crippen LogP contribution in [0.25, 0.3) is 0 Å². The summed E-state index contributed by atoms with van der Waals surface area (Å²) in [6.45, 7) is 0.175. The molecule has 12 heavy (non-hydrogen) atoms. The first-order valence-corrected chi connectivity index (χ1v) is 3.13. The largest absolute Gasteiger partial charge is 0.445 e. The van der Waals surface area contributed by atoms with Gasteiger partial charge in [-0.15, -0.1) is 5.10 Å². The van der Waals surface area contributed by atoms with E-state index in [4.69, 9.17) is 9.25 Å². The maximum Gasteiger partial charge on any atom is 0.264 e. The van der Waals surface area contributed by atoms with E-state index in [1.54, 1.807) is 0 Å². The third-order valence-corrected chi connectivity index (χ3v) is 1.09. The van der Waals surface area contributed by atoms with Crippen LogP contribution in [0.3, 0.4) is 0 Å². The molecular formula is C5H4N5O2. The Kier molecular flexibility index (Phi) is 1.69. The quantitative estimate of drug-likeness (QED) is 0.587. The fraction of sp³-hybridized carbons (Fsp3) is 0.200. The van der Waals surface area contributed by atoms with Crippen molar-refractivity contribution >= 4 is 0 Å². The zero-order chi connectivity index (χ0) is 8.23. The van der Waals surface area contributed by atoms with Gasteiger partial charge >= 0.3 is 0 Å². The lowest BCUT2D eigenvalue weighted by atomic mass is 10.7. The fourth-order valence-corrected chi connectivity index (χ4v) is 0.630. The second-order valence-electron chi connectivity index (χ2n) is 1.85. The van der Waals surface area contributed by atoms with Gasteiger partial charge in [-0.2, -0.15) is 0 Å². The minimum atomic E-state index is 0.175. The van der Waals surface area contributed by atoms with Crippen molar-refractivity contribution in [3.63, 3.8) is 0 Å². The van der Waals surface area contributed by atoms with Crippen LogP contribution in [0.5, 0.6) is 0 Å². The van der Waals surface area contributed by atoms with Gasteiger partial charge in [0, 0.05) is 0 Å². The summed E-state index contributed by atoms with van der Waals surface area (Å²) < 4.78 is 4.90. The standard InChI is InChI=1S/C5H4N5O2/c1-2-11-5(6-1)3-12-10-4-7-8-9-10/h1-2H,3H2. The molecule has 0 aliphatic carbocycles. The topological polar surface area (TPSA) is 78.9 Å². The van der Waals surface area contributed by atoms with E-state index >= 15 is 0 Å². The lowest BCUT2D eigenvalue weighted by Gasteiger charge is -1.96. The molecule has 0 saturated heterocycles. The molecule has 0 aliphatic rings. The van der Waals surface area contributed by atoms with Crippen molar-refractivity contribution in [2.45, 2.75) is 6.61 Å². The number of hydrogen-bond acceptors (Lipinski definition) is 6. The summed E-state index contributed by atoms with van der Waals surface area (Å²) in [6, 6.07) is 0. The zero-order valence-electron chi connectivity index (χ0n) is 5.91. The first-order valence-electron chi connectivity index (χ1n) is 3.13. The summed E-state index contributed by atoms with van der Waals surface area (Å²) in [5.74, 6) is 0.457. The lowest BCUT2D eigenvalue weighted by molar-refractivity contribution is 0.0513. The van der Waals surface area contributed by atoms with Crippen LogP contribution >= 0.6 is 0 Å². The lowest BCUT2D eigenvalue weighted by Crippen LogP contribution is -2.12. The molecule has 0 aliphatic heterocycles. The van der Waals surface area contributed by atoms with E-state index in [0.29, 0.717) is 5.89 Å². The van der Waals surface area contributed by atoms with E-state index in [1.165, 1.54) is 12.5 Å². The Morgan fingerprint density at radius 2 is 2.67 bits per heavy atom. The van der Waals surface area contributed by atoms with Crippen molar-refractivity contribution in [3.05, 3.63) is 24.7 Å². The van der Waals surface area contributed by atoms with Crippen molar-refractivity contribution in [1.29, 1.82) is 0 Å². The van der Waals surface area contributed by atoms with Crippen molar-refractivity contribution < 1.29 is 9.25 Å². The molecule has 2 rings (SSSR count). The monoisotopic (exact) mass is 166 g/mol. The maximum absolute atomic E-state index is 4.96. The molecule has 0 fully saturated rings. The van der Waals surface area contributed by atoms with Gasteiger partial charge in [0.25, 0.3) is 6.33 Å². The molecule has 2 aromatic rings. The minimum Gasteiger partial charge on any atom is -0.445 e. The second-order valence-corrected chi connectivity index (χ2v) is 1.85. The number of hydrogen-bond donors (Lipinski definition) is 0. The summed E-state index contributed by atoms with van der Waals surface area (Å²) in [7, 11) is 0. The molecule has 0 atom stereocenters. The van der Waals surface area contributed by atoms with Crippen molar-refractivity contribution in [3.8, 4) is 0 Å². The zero-order valence-corrected chi connectivity index (χ0v) is 5.91. The van der Waals surface area contributed by atoms with Crippen LogP contribution in [-0.4, -0.2) is 25.4 Å². The van der Waals surface area contributed by atoms with Crippen molar-refractivity contribution in [2.75, 3.05) is 0 Å². The predicted molar refractivity (Wildman–Crippen MR) is 33.4 cm³/mol. The molecule has 0 spiro atoms. The molecule has 0 unspecified atom stereocenters. The molecule has 0 bridgehead atoms. The van der Waals surface area contributed by atoms with Gasteiger partial charge < -0.3 is 9.25 Å². The Morgan fingerprint density at radius 1 is 1.67 bits per heavy atom. The number of tetrazole rings is 1. The normalized spacial score (nSPS) is 10.0. The predicted octanol–water partition coefficient (Wildman–Crippen LogP) is -0.910. The molecule has 0 aromatic carbocycles. The number of rotatable bonds is 3. The van der Waals surface area contributed by atoms with Crippen LogP contribution in [0.1, 0.15) is 5.89 Å². The number of oxazole rings is 1. The van der Waals surface area contributed by atoms with Gasteiger partial charge in [-0.1, -0.05) is 4.85 Å². The third kappa shape index (κ3) is 1.39. The van der Waals surface area contributed by atoms with Gasteiger partial charge in [-0.3, -0.25) is 0 Å². The highest BCUT2D eigenvalue weighted by atomic mass is 16.7. The Labute approximate surface area is 66.9 Å². The molecule has 61 valence electrons. The highest BCUT2D eigenvalue weighted by molar-refractivity contribution is 4.75. The Balaban J connectivity index is 1.91. The summed E-state index contributed by atoms with van der Waals surface area (Å²) in [4.78, 5) is 9.79. The first-order chi connectivity index (χ1) is 5.95. The molecule has 7 heteroatoms. The fourth-order valence-electron chi connectivity index (χ4n) is 0.630. The van der Waals surface area contributed by atoms with Crippen LogP contribution in [-0.2, 0) is 6.61 Å². The summed E-state index contributed by atoms with van der Waals surface area (Å²) in [6.07, 6.45) is 5.34. The van der Waals surface area contributed by atoms with Gasteiger partial charge in [0.15, 0.2) is 6.61 Å². The Morgan fingerprint density at radius 3 is 3.33 bits per heavy atom.